The van der Waals surface area contributed by atoms with E-state index in [4.69, 9.17) is 16.3 Å². The van der Waals surface area contributed by atoms with Crippen LogP contribution in [0.25, 0.3) is 10.7 Å². The van der Waals surface area contributed by atoms with E-state index in [0.717, 1.165) is 5.69 Å². The van der Waals surface area contributed by atoms with Gasteiger partial charge in [-0.1, -0.05) is 17.7 Å². The summed E-state index contributed by atoms with van der Waals surface area (Å²) in [4.78, 5) is 20.8. The van der Waals surface area contributed by atoms with Crippen molar-refractivity contribution in [3.05, 3.63) is 58.7 Å². The summed E-state index contributed by atoms with van der Waals surface area (Å²) in [5.74, 6) is 0.250. The van der Waals surface area contributed by atoms with Crippen LogP contribution in [0.5, 0.6) is 5.75 Å². The second-order valence-electron chi connectivity index (χ2n) is 4.56. The lowest BCUT2D eigenvalue weighted by Crippen LogP contribution is -2.12. The van der Waals surface area contributed by atoms with E-state index in [-0.39, 0.29) is 5.91 Å². The van der Waals surface area contributed by atoms with Gasteiger partial charge in [0, 0.05) is 17.3 Å². The molecule has 0 aliphatic carbocycles. The van der Waals surface area contributed by atoms with Crippen molar-refractivity contribution in [3.63, 3.8) is 0 Å². The highest BCUT2D eigenvalue weighted by atomic mass is 35.5. The molecule has 3 aromatic rings. The van der Waals surface area contributed by atoms with Crippen LogP contribution in [-0.4, -0.2) is 23.0 Å². The average molecular weight is 346 g/mol. The maximum absolute atomic E-state index is 12.3. The Labute approximate surface area is 141 Å². The first kappa shape index (κ1) is 15.5. The van der Waals surface area contributed by atoms with Crippen LogP contribution in [0.15, 0.2) is 48.0 Å². The molecular formula is C16H12ClN3O2S. The molecule has 2 aromatic heterocycles. The van der Waals surface area contributed by atoms with Crippen molar-refractivity contribution in [2.45, 2.75) is 0 Å². The number of halogens is 1. The molecule has 0 unspecified atom stereocenters. The van der Waals surface area contributed by atoms with Gasteiger partial charge in [0.1, 0.15) is 16.5 Å². The third-order valence-electron chi connectivity index (χ3n) is 3.03. The molecule has 0 spiro atoms. The Morgan fingerprint density at radius 3 is 2.87 bits per heavy atom. The zero-order valence-corrected chi connectivity index (χ0v) is 13.7. The summed E-state index contributed by atoms with van der Waals surface area (Å²) < 4.78 is 5.08. The predicted molar refractivity (Wildman–Crippen MR) is 91.3 cm³/mol. The molecule has 1 aromatic carbocycles. The smallest absolute Gasteiger partial charge is 0.275 e. The van der Waals surface area contributed by atoms with E-state index in [1.807, 2.05) is 18.2 Å². The molecule has 23 heavy (non-hydrogen) atoms. The molecule has 0 fully saturated rings. The minimum absolute atomic E-state index is 0.301. The Kier molecular flexibility index (Phi) is 4.55. The van der Waals surface area contributed by atoms with Gasteiger partial charge in [-0.05, 0) is 30.3 Å². The van der Waals surface area contributed by atoms with Crippen molar-refractivity contribution in [3.8, 4) is 16.5 Å². The highest BCUT2D eigenvalue weighted by molar-refractivity contribution is 7.13. The predicted octanol–water partition coefficient (Wildman–Crippen LogP) is 4.12. The van der Waals surface area contributed by atoms with Gasteiger partial charge in [0.25, 0.3) is 5.91 Å². The van der Waals surface area contributed by atoms with Crippen molar-refractivity contribution in [2.75, 3.05) is 12.4 Å². The van der Waals surface area contributed by atoms with Gasteiger partial charge in [-0.15, -0.1) is 11.3 Å². The first-order valence-electron chi connectivity index (χ1n) is 6.69. The van der Waals surface area contributed by atoms with Gasteiger partial charge < -0.3 is 10.1 Å². The highest BCUT2D eigenvalue weighted by Crippen LogP contribution is 2.28. The molecule has 0 atom stereocenters. The molecule has 0 radical (unpaired) electrons. The summed E-state index contributed by atoms with van der Waals surface area (Å²) >= 11 is 7.42. The third kappa shape index (κ3) is 3.49. The molecule has 3 rings (SSSR count). The number of rotatable bonds is 4. The van der Waals surface area contributed by atoms with Gasteiger partial charge in [-0.25, -0.2) is 4.98 Å². The van der Waals surface area contributed by atoms with Crippen LogP contribution in [0.2, 0.25) is 5.02 Å². The van der Waals surface area contributed by atoms with Crippen molar-refractivity contribution < 1.29 is 9.53 Å². The Morgan fingerprint density at radius 1 is 1.30 bits per heavy atom. The number of carbonyl (C=O) groups is 1. The minimum atomic E-state index is -0.301. The van der Waals surface area contributed by atoms with Gasteiger partial charge in [-0.3, -0.25) is 9.78 Å². The van der Waals surface area contributed by atoms with Crippen LogP contribution in [-0.2, 0) is 0 Å². The number of benzene rings is 1. The van der Waals surface area contributed by atoms with E-state index in [0.29, 0.717) is 27.2 Å². The molecular weight excluding hydrogens is 334 g/mol. The van der Waals surface area contributed by atoms with Crippen molar-refractivity contribution in [1.82, 2.24) is 9.97 Å². The fourth-order valence-electron chi connectivity index (χ4n) is 1.92. The lowest BCUT2D eigenvalue weighted by atomic mass is 10.3. The number of nitrogens with one attached hydrogen (secondary N) is 1. The Bertz CT molecular complexity index is 836. The molecule has 0 saturated heterocycles. The monoisotopic (exact) mass is 345 g/mol. The first-order valence-corrected chi connectivity index (χ1v) is 7.95. The number of amides is 1. The van der Waals surface area contributed by atoms with Crippen LogP contribution in [0.1, 0.15) is 10.5 Å². The number of nitrogens with zero attached hydrogens (tertiary/aromatic N) is 2. The largest absolute Gasteiger partial charge is 0.495 e. The summed E-state index contributed by atoms with van der Waals surface area (Å²) in [5.41, 5.74) is 1.65. The number of thiazole rings is 1. The van der Waals surface area contributed by atoms with E-state index < -0.39 is 0 Å². The van der Waals surface area contributed by atoms with Gasteiger partial charge in [0.2, 0.25) is 0 Å². The second-order valence-corrected chi connectivity index (χ2v) is 5.82. The van der Waals surface area contributed by atoms with Crippen molar-refractivity contribution >= 4 is 34.5 Å². The van der Waals surface area contributed by atoms with Crippen molar-refractivity contribution in [2.24, 2.45) is 0 Å². The fourth-order valence-corrected chi connectivity index (χ4v) is 2.96. The van der Waals surface area contributed by atoms with Gasteiger partial charge >= 0.3 is 0 Å². The number of carbonyl (C=O) groups excluding carboxylic acids is 1. The third-order valence-corrected chi connectivity index (χ3v) is 4.19. The van der Waals surface area contributed by atoms with E-state index in [9.17, 15) is 4.79 Å². The van der Waals surface area contributed by atoms with Crippen LogP contribution >= 0.6 is 22.9 Å². The molecule has 0 aliphatic rings. The lowest BCUT2D eigenvalue weighted by molar-refractivity contribution is 0.102. The molecule has 2 heterocycles. The zero-order valence-electron chi connectivity index (χ0n) is 12.1. The molecule has 5 nitrogen and oxygen atoms in total. The molecule has 1 N–H and O–H groups in total. The Morgan fingerprint density at radius 2 is 2.17 bits per heavy atom. The maximum atomic E-state index is 12.3. The maximum Gasteiger partial charge on any atom is 0.275 e. The normalized spacial score (nSPS) is 10.3. The summed E-state index contributed by atoms with van der Waals surface area (Å²) in [6.07, 6.45) is 1.69. The minimum Gasteiger partial charge on any atom is -0.495 e. The summed E-state index contributed by atoms with van der Waals surface area (Å²) in [6.45, 7) is 0. The Balaban J connectivity index is 1.76. The fraction of sp³-hybridized carbons (Fsp3) is 0.0625. The number of hydrogen-bond acceptors (Lipinski definition) is 5. The number of aromatic nitrogens is 2. The number of pyridine rings is 1. The van der Waals surface area contributed by atoms with Crippen LogP contribution in [0, 0.1) is 0 Å². The van der Waals surface area contributed by atoms with Gasteiger partial charge in [0.05, 0.1) is 17.8 Å². The van der Waals surface area contributed by atoms with E-state index in [2.05, 4.69) is 15.3 Å². The first-order chi connectivity index (χ1) is 11.2. The lowest BCUT2D eigenvalue weighted by Gasteiger charge is -2.06. The SMILES string of the molecule is COc1ccc(NC(=O)c2csc(-c3ccccn3)n2)cc1Cl. The summed E-state index contributed by atoms with van der Waals surface area (Å²) in [6, 6.07) is 10.6. The van der Waals surface area contributed by atoms with E-state index in [1.54, 1.807) is 29.8 Å². The van der Waals surface area contributed by atoms with Gasteiger partial charge in [0.15, 0.2) is 0 Å². The topological polar surface area (TPSA) is 64.1 Å². The van der Waals surface area contributed by atoms with Crippen LogP contribution < -0.4 is 10.1 Å². The van der Waals surface area contributed by atoms with Crippen molar-refractivity contribution in [1.29, 1.82) is 0 Å². The molecule has 1 amide bonds. The number of methoxy groups -OCH3 is 1. The summed E-state index contributed by atoms with van der Waals surface area (Å²) in [5, 5.41) is 5.59. The molecule has 0 bridgehead atoms. The average Bonchev–Trinajstić information content (AvgIpc) is 3.06. The highest BCUT2D eigenvalue weighted by Gasteiger charge is 2.13. The standard InChI is InChI=1S/C16H12ClN3O2S/c1-22-14-6-5-10(8-11(14)17)19-15(21)13-9-23-16(20-13)12-4-2-3-7-18-12/h2-9H,1H3,(H,19,21). The molecule has 7 heteroatoms. The quantitative estimate of drug-likeness (QED) is 0.772. The number of hydrogen-bond donors (Lipinski definition) is 1. The number of ether oxygens (including phenoxy) is 1. The van der Waals surface area contributed by atoms with E-state index >= 15 is 0 Å². The number of anilines is 1. The van der Waals surface area contributed by atoms with Crippen LogP contribution in [0.4, 0.5) is 5.69 Å². The Hall–Kier alpha value is -2.44. The second kappa shape index (κ2) is 6.76. The van der Waals surface area contributed by atoms with Gasteiger partial charge in [-0.2, -0.15) is 0 Å². The molecule has 0 aliphatic heterocycles. The van der Waals surface area contributed by atoms with E-state index in [1.165, 1.54) is 18.4 Å². The summed E-state index contributed by atoms with van der Waals surface area (Å²) in [7, 11) is 1.54. The molecule has 116 valence electrons. The van der Waals surface area contributed by atoms with Crippen LogP contribution in [0.3, 0.4) is 0 Å². The zero-order chi connectivity index (χ0) is 16.2. The molecule has 0 saturated carbocycles.